The summed E-state index contributed by atoms with van der Waals surface area (Å²) in [7, 11) is -4.05. The van der Waals surface area contributed by atoms with Crippen molar-refractivity contribution in [1.29, 1.82) is 0 Å². The molecule has 30 heavy (non-hydrogen) atoms. The number of nitrogens with one attached hydrogen (secondary N) is 1. The van der Waals surface area contributed by atoms with Crippen molar-refractivity contribution in [3.05, 3.63) is 82.4 Å². The van der Waals surface area contributed by atoms with Crippen LogP contribution < -0.4 is 5.32 Å². The van der Waals surface area contributed by atoms with Gasteiger partial charge < -0.3 is 10.4 Å². The Balaban J connectivity index is 1.87. The minimum absolute atomic E-state index is 0.0517. The highest BCUT2D eigenvalue weighted by Crippen LogP contribution is 2.20. The van der Waals surface area contributed by atoms with Crippen LogP contribution in [0.3, 0.4) is 0 Å². The van der Waals surface area contributed by atoms with Crippen molar-refractivity contribution in [2.45, 2.75) is 10.9 Å². The van der Waals surface area contributed by atoms with E-state index in [-0.39, 0.29) is 16.3 Å². The Morgan fingerprint density at radius 2 is 1.83 bits per heavy atom. The highest BCUT2D eigenvalue weighted by Gasteiger charge is 2.23. The molecule has 11 heteroatoms. The van der Waals surface area contributed by atoms with Crippen LogP contribution in [0.25, 0.3) is 0 Å². The average molecular weight is 450 g/mol. The summed E-state index contributed by atoms with van der Waals surface area (Å²) in [6.45, 7) is 0. The maximum absolute atomic E-state index is 13.0. The van der Waals surface area contributed by atoms with Crippen molar-refractivity contribution in [1.82, 2.24) is 9.97 Å². The lowest BCUT2D eigenvalue weighted by molar-refractivity contribution is 0.0696. The average Bonchev–Trinajstić information content (AvgIpc) is 2.70. The Labute approximate surface area is 175 Å². The maximum Gasteiger partial charge on any atom is 0.335 e. The molecule has 2 N–H and O–H groups in total. The second-order valence-electron chi connectivity index (χ2n) is 6.07. The smallest absolute Gasteiger partial charge is 0.335 e. The van der Waals surface area contributed by atoms with Gasteiger partial charge in [0.1, 0.15) is 5.82 Å². The summed E-state index contributed by atoms with van der Waals surface area (Å²) in [6.07, 6.45) is 0.981. The molecule has 154 valence electrons. The van der Waals surface area contributed by atoms with Crippen LogP contribution in [0, 0.1) is 5.82 Å². The van der Waals surface area contributed by atoms with Crippen molar-refractivity contribution in [3.63, 3.8) is 0 Å². The summed E-state index contributed by atoms with van der Waals surface area (Å²) >= 11 is 5.95. The first-order valence-electron chi connectivity index (χ1n) is 8.30. The van der Waals surface area contributed by atoms with E-state index in [2.05, 4.69) is 15.3 Å². The van der Waals surface area contributed by atoms with Gasteiger partial charge in [-0.15, -0.1) is 0 Å². The fourth-order valence-corrected chi connectivity index (χ4v) is 3.83. The van der Waals surface area contributed by atoms with Gasteiger partial charge in [0.2, 0.25) is 15.0 Å². The molecule has 1 aromatic heterocycles. The van der Waals surface area contributed by atoms with Crippen molar-refractivity contribution in [2.24, 2.45) is 0 Å². The predicted molar refractivity (Wildman–Crippen MR) is 106 cm³/mol. The van der Waals surface area contributed by atoms with E-state index in [4.69, 9.17) is 16.7 Å². The van der Waals surface area contributed by atoms with Crippen LogP contribution >= 0.6 is 11.6 Å². The van der Waals surface area contributed by atoms with Crippen LogP contribution in [0.5, 0.6) is 0 Å². The Morgan fingerprint density at radius 3 is 2.50 bits per heavy atom. The minimum Gasteiger partial charge on any atom is -0.478 e. The van der Waals surface area contributed by atoms with E-state index in [1.807, 2.05) is 0 Å². The zero-order valence-electron chi connectivity index (χ0n) is 15.0. The molecule has 0 saturated heterocycles. The van der Waals surface area contributed by atoms with Crippen LogP contribution in [0.4, 0.5) is 10.1 Å². The quantitative estimate of drug-likeness (QED) is 0.553. The zero-order valence-corrected chi connectivity index (χ0v) is 16.6. The van der Waals surface area contributed by atoms with Gasteiger partial charge in [-0.1, -0.05) is 29.8 Å². The van der Waals surface area contributed by atoms with E-state index >= 15 is 0 Å². The number of anilines is 1. The molecule has 0 spiro atoms. The minimum atomic E-state index is -4.05. The lowest BCUT2D eigenvalue weighted by Crippen LogP contribution is -2.18. The second-order valence-corrected chi connectivity index (χ2v) is 8.37. The first-order chi connectivity index (χ1) is 14.2. The van der Waals surface area contributed by atoms with Crippen LogP contribution in [-0.2, 0) is 15.6 Å². The molecule has 1 heterocycles. The number of benzene rings is 2. The summed E-state index contributed by atoms with van der Waals surface area (Å²) in [5.74, 6) is -3.04. The van der Waals surface area contributed by atoms with Gasteiger partial charge in [-0.3, -0.25) is 4.79 Å². The number of hydrogen-bond donors (Lipinski definition) is 2. The largest absolute Gasteiger partial charge is 0.478 e. The Bertz CT molecular complexity index is 1230. The molecule has 0 saturated carbocycles. The molecule has 0 radical (unpaired) electrons. The lowest BCUT2D eigenvalue weighted by atomic mass is 10.2. The number of rotatable bonds is 6. The van der Waals surface area contributed by atoms with Crippen LogP contribution in [0.1, 0.15) is 26.4 Å². The third kappa shape index (κ3) is 4.97. The number of aromatic nitrogens is 2. The standard InChI is InChI=1S/C19H13ClFN3O5S/c20-15-9-22-19(30(28,29)10-11-4-6-13(21)7-5-11)24-16(15)17(25)23-14-3-1-2-12(8-14)18(26)27/h1-9H,10H2,(H,23,25)(H,26,27). The van der Waals surface area contributed by atoms with Crippen molar-refractivity contribution in [2.75, 3.05) is 5.32 Å². The van der Waals surface area contributed by atoms with Gasteiger partial charge >= 0.3 is 5.97 Å². The number of halogens is 2. The van der Waals surface area contributed by atoms with E-state index in [1.54, 1.807) is 0 Å². The summed E-state index contributed by atoms with van der Waals surface area (Å²) in [5.41, 5.74) is 0.0194. The predicted octanol–water partition coefficient (Wildman–Crippen LogP) is 3.19. The van der Waals surface area contributed by atoms with Gasteiger partial charge in [-0.2, -0.15) is 0 Å². The number of nitrogens with zero attached hydrogens (tertiary/aromatic N) is 2. The Hall–Kier alpha value is -3.37. The van der Waals surface area contributed by atoms with Crippen LogP contribution in [0.2, 0.25) is 5.02 Å². The number of aromatic carboxylic acids is 1. The monoisotopic (exact) mass is 449 g/mol. The van der Waals surface area contributed by atoms with E-state index in [9.17, 15) is 22.4 Å². The van der Waals surface area contributed by atoms with Crippen molar-refractivity contribution >= 4 is 39.0 Å². The Kier molecular flexibility index (Phi) is 6.09. The fraction of sp³-hybridized carbons (Fsp3) is 0.0526. The number of sulfone groups is 1. The molecule has 0 bridgehead atoms. The molecule has 0 atom stereocenters. The van der Waals surface area contributed by atoms with Gasteiger partial charge in [0.15, 0.2) is 5.69 Å². The number of amides is 1. The molecule has 3 aromatic rings. The summed E-state index contributed by atoms with van der Waals surface area (Å²) in [4.78, 5) is 31.0. The van der Waals surface area contributed by atoms with Crippen molar-refractivity contribution < 1.29 is 27.5 Å². The van der Waals surface area contributed by atoms with Gasteiger partial charge in [-0.25, -0.2) is 27.6 Å². The lowest BCUT2D eigenvalue weighted by Gasteiger charge is -2.09. The number of carbonyl (C=O) groups excluding carboxylic acids is 1. The second kappa shape index (κ2) is 8.56. The summed E-state index contributed by atoms with van der Waals surface area (Å²) < 4.78 is 38.2. The number of carboxylic acids is 1. The topological polar surface area (TPSA) is 126 Å². The van der Waals surface area contributed by atoms with Crippen LogP contribution in [0.15, 0.2) is 59.9 Å². The zero-order chi connectivity index (χ0) is 21.9. The molecular formula is C19H13ClFN3O5S. The molecule has 0 aliphatic heterocycles. The first-order valence-corrected chi connectivity index (χ1v) is 10.3. The SMILES string of the molecule is O=C(O)c1cccc(NC(=O)c2nc(S(=O)(=O)Cc3ccc(F)cc3)ncc2Cl)c1. The number of hydrogen-bond acceptors (Lipinski definition) is 6. The van der Waals surface area contributed by atoms with Crippen LogP contribution in [-0.4, -0.2) is 35.4 Å². The van der Waals surface area contributed by atoms with Gasteiger partial charge in [0, 0.05) is 5.69 Å². The number of carbonyl (C=O) groups is 2. The molecule has 0 aliphatic rings. The molecular weight excluding hydrogens is 437 g/mol. The first kappa shape index (κ1) is 21.3. The summed E-state index contributed by atoms with van der Waals surface area (Å²) in [5, 5.41) is 10.6. The van der Waals surface area contributed by atoms with Gasteiger partial charge in [-0.05, 0) is 35.9 Å². The number of carboxylic acid groups (broad SMARTS) is 1. The third-order valence-corrected chi connectivity index (χ3v) is 5.60. The molecule has 0 fully saturated rings. The van der Waals surface area contributed by atoms with E-state index in [1.165, 1.54) is 36.4 Å². The molecule has 3 rings (SSSR count). The maximum atomic E-state index is 13.0. The third-order valence-electron chi connectivity index (χ3n) is 3.85. The fourth-order valence-electron chi connectivity index (χ4n) is 2.44. The summed E-state index contributed by atoms with van der Waals surface area (Å²) in [6, 6.07) is 10.3. The van der Waals surface area contributed by atoms with E-state index in [0.717, 1.165) is 18.3 Å². The van der Waals surface area contributed by atoms with E-state index < -0.39 is 44.1 Å². The Morgan fingerprint density at radius 1 is 1.13 bits per heavy atom. The highest BCUT2D eigenvalue weighted by molar-refractivity contribution is 7.90. The van der Waals surface area contributed by atoms with Gasteiger partial charge in [0.25, 0.3) is 5.91 Å². The molecule has 0 unspecified atom stereocenters. The molecule has 0 aliphatic carbocycles. The highest BCUT2D eigenvalue weighted by atomic mass is 35.5. The van der Waals surface area contributed by atoms with Gasteiger partial charge in [0.05, 0.1) is 22.5 Å². The van der Waals surface area contributed by atoms with Crippen molar-refractivity contribution in [3.8, 4) is 0 Å². The molecule has 1 amide bonds. The normalized spacial score (nSPS) is 11.1. The van der Waals surface area contributed by atoms with E-state index in [0.29, 0.717) is 5.56 Å². The molecule has 2 aromatic carbocycles. The molecule has 8 nitrogen and oxygen atoms in total.